The molecule has 2 aromatic heterocycles. The van der Waals surface area contributed by atoms with Crippen LogP contribution in [0.15, 0.2) is 65.7 Å². The Morgan fingerprint density at radius 1 is 1.09 bits per heavy atom. The quantitative estimate of drug-likeness (QED) is 0.213. The highest BCUT2D eigenvalue weighted by Crippen LogP contribution is 2.28. The molecule has 7 heteroatoms. The Morgan fingerprint density at radius 3 is 2.75 bits per heavy atom. The van der Waals surface area contributed by atoms with Crippen molar-refractivity contribution in [3.05, 3.63) is 88.7 Å². The summed E-state index contributed by atoms with van der Waals surface area (Å²) < 4.78 is 8.10. The molecule has 0 aliphatic carbocycles. The van der Waals surface area contributed by atoms with Gasteiger partial charge in [0.2, 0.25) is 0 Å². The van der Waals surface area contributed by atoms with E-state index in [0.717, 1.165) is 44.3 Å². The number of thioether (sulfide) groups is 1. The first-order chi connectivity index (χ1) is 15.5. The van der Waals surface area contributed by atoms with Crippen LogP contribution in [0.4, 0.5) is 0 Å². The second-order valence-corrected chi connectivity index (χ2v) is 9.46. The monoisotopic (exact) mass is 462 g/mol. The number of aromatic nitrogens is 4. The summed E-state index contributed by atoms with van der Waals surface area (Å²) in [6.45, 7) is 11.1. The number of thiazole rings is 1. The Kier molecular flexibility index (Phi) is 7.07. The third-order valence-corrected chi connectivity index (χ3v) is 6.91. The van der Waals surface area contributed by atoms with Gasteiger partial charge in [-0.25, -0.2) is 4.98 Å². The van der Waals surface area contributed by atoms with Crippen molar-refractivity contribution in [2.24, 2.45) is 0 Å². The van der Waals surface area contributed by atoms with Crippen LogP contribution in [0.25, 0.3) is 10.6 Å². The van der Waals surface area contributed by atoms with E-state index >= 15 is 0 Å². The lowest BCUT2D eigenvalue weighted by atomic mass is 10.1. The number of aryl methyl sites for hydroxylation is 3. The number of nitrogens with zero attached hydrogens (tertiary/aromatic N) is 4. The normalized spacial score (nSPS) is 11.0. The largest absolute Gasteiger partial charge is 0.485 e. The van der Waals surface area contributed by atoms with Crippen LogP contribution in [-0.2, 0) is 18.9 Å². The van der Waals surface area contributed by atoms with Crippen LogP contribution in [-0.4, -0.2) is 19.7 Å². The molecule has 0 saturated carbocycles. The number of hydrogen-bond donors (Lipinski definition) is 0. The fourth-order valence-corrected chi connectivity index (χ4v) is 5.05. The molecule has 0 saturated heterocycles. The molecule has 4 aromatic rings. The predicted octanol–water partition coefficient (Wildman–Crippen LogP) is 6.38. The van der Waals surface area contributed by atoms with Crippen molar-refractivity contribution in [3.63, 3.8) is 0 Å². The van der Waals surface area contributed by atoms with E-state index in [1.807, 2.05) is 19.1 Å². The fourth-order valence-electron chi connectivity index (χ4n) is 3.27. The lowest BCUT2D eigenvalue weighted by molar-refractivity contribution is 0.287. The van der Waals surface area contributed by atoms with Crippen LogP contribution in [0.2, 0.25) is 0 Å². The van der Waals surface area contributed by atoms with Gasteiger partial charge in [0.15, 0.2) is 11.0 Å². The molecule has 0 spiro atoms. The van der Waals surface area contributed by atoms with Gasteiger partial charge in [-0.2, -0.15) is 0 Å². The molecule has 0 bridgehead atoms. The second kappa shape index (κ2) is 10.1. The molecule has 0 fully saturated rings. The van der Waals surface area contributed by atoms with Gasteiger partial charge in [-0.05, 0) is 44.0 Å². The average molecular weight is 463 g/mol. The lowest BCUT2D eigenvalue weighted by Gasteiger charge is -2.11. The van der Waals surface area contributed by atoms with E-state index in [4.69, 9.17) is 9.72 Å². The summed E-state index contributed by atoms with van der Waals surface area (Å²) in [6, 6.07) is 14.6. The van der Waals surface area contributed by atoms with Crippen LogP contribution in [0.5, 0.6) is 5.75 Å². The van der Waals surface area contributed by atoms with E-state index in [1.165, 1.54) is 11.1 Å². The summed E-state index contributed by atoms with van der Waals surface area (Å²) in [7, 11) is 0. The summed E-state index contributed by atoms with van der Waals surface area (Å²) in [5.41, 5.74) is 5.71. The van der Waals surface area contributed by atoms with Crippen LogP contribution >= 0.6 is 23.1 Å². The molecule has 4 rings (SSSR count). The van der Waals surface area contributed by atoms with Crippen LogP contribution in [0.1, 0.15) is 28.2 Å². The minimum Gasteiger partial charge on any atom is -0.485 e. The summed E-state index contributed by atoms with van der Waals surface area (Å²) in [5.74, 6) is 2.39. The highest BCUT2D eigenvalue weighted by atomic mass is 32.2. The Labute approximate surface area is 197 Å². The zero-order chi connectivity index (χ0) is 22.5. The molecule has 0 radical (unpaired) electrons. The maximum Gasteiger partial charge on any atom is 0.191 e. The van der Waals surface area contributed by atoms with Gasteiger partial charge in [0, 0.05) is 23.2 Å². The van der Waals surface area contributed by atoms with Gasteiger partial charge in [0.25, 0.3) is 0 Å². The number of rotatable bonds is 9. The summed E-state index contributed by atoms with van der Waals surface area (Å²) in [4.78, 5) is 4.81. The molecule has 0 atom stereocenters. The minimum atomic E-state index is 0.361. The molecule has 2 aromatic carbocycles. The number of hydrogen-bond acceptors (Lipinski definition) is 6. The SMILES string of the molecule is C=CCn1c(COc2cc(C)ccc2C)nnc1SCc1csc(-c2cccc(C)c2)n1. The Balaban J connectivity index is 1.44. The third-order valence-electron chi connectivity index (χ3n) is 4.97. The van der Waals surface area contributed by atoms with E-state index in [0.29, 0.717) is 13.2 Å². The Hall–Kier alpha value is -2.90. The molecule has 164 valence electrons. The summed E-state index contributed by atoms with van der Waals surface area (Å²) >= 11 is 3.30. The molecule has 0 unspecified atom stereocenters. The molecule has 0 aliphatic rings. The van der Waals surface area contributed by atoms with Crippen molar-refractivity contribution in [2.45, 2.75) is 44.8 Å². The Bertz CT molecular complexity index is 1230. The highest BCUT2D eigenvalue weighted by Gasteiger charge is 2.14. The summed E-state index contributed by atoms with van der Waals surface area (Å²) in [5, 5.41) is 12.8. The summed E-state index contributed by atoms with van der Waals surface area (Å²) in [6.07, 6.45) is 1.85. The van der Waals surface area contributed by atoms with Crippen molar-refractivity contribution >= 4 is 23.1 Å². The van der Waals surface area contributed by atoms with Gasteiger partial charge in [0.05, 0.1) is 5.69 Å². The van der Waals surface area contributed by atoms with E-state index in [2.05, 4.69) is 77.0 Å². The zero-order valence-corrected chi connectivity index (χ0v) is 20.2. The minimum absolute atomic E-state index is 0.361. The van der Waals surface area contributed by atoms with Crippen molar-refractivity contribution in [1.29, 1.82) is 0 Å². The number of ether oxygens (including phenoxy) is 1. The number of benzene rings is 2. The molecule has 2 heterocycles. The molecular weight excluding hydrogens is 436 g/mol. The Morgan fingerprint density at radius 2 is 1.94 bits per heavy atom. The third kappa shape index (κ3) is 5.29. The van der Waals surface area contributed by atoms with Gasteiger partial charge >= 0.3 is 0 Å². The molecule has 32 heavy (non-hydrogen) atoms. The first kappa shape index (κ1) is 22.3. The first-order valence-corrected chi connectivity index (χ1v) is 12.3. The van der Waals surface area contributed by atoms with E-state index in [1.54, 1.807) is 23.1 Å². The van der Waals surface area contributed by atoms with Crippen LogP contribution < -0.4 is 4.74 Å². The predicted molar refractivity (Wildman–Crippen MR) is 132 cm³/mol. The molecule has 5 nitrogen and oxygen atoms in total. The van der Waals surface area contributed by atoms with E-state index < -0.39 is 0 Å². The topological polar surface area (TPSA) is 52.8 Å². The van der Waals surface area contributed by atoms with Crippen molar-refractivity contribution in [2.75, 3.05) is 0 Å². The van der Waals surface area contributed by atoms with Crippen LogP contribution in [0, 0.1) is 20.8 Å². The van der Waals surface area contributed by atoms with Crippen LogP contribution in [0.3, 0.4) is 0 Å². The van der Waals surface area contributed by atoms with Gasteiger partial charge in [-0.15, -0.1) is 28.1 Å². The second-order valence-electron chi connectivity index (χ2n) is 7.66. The lowest BCUT2D eigenvalue weighted by Crippen LogP contribution is -2.08. The zero-order valence-electron chi connectivity index (χ0n) is 18.5. The van der Waals surface area contributed by atoms with Gasteiger partial charge in [-0.1, -0.05) is 53.7 Å². The van der Waals surface area contributed by atoms with E-state index in [9.17, 15) is 0 Å². The smallest absolute Gasteiger partial charge is 0.191 e. The van der Waals surface area contributed by atoms with Gasteiger partial charge in [-0.3, -0.25) is 4.57 Å². The number of allylic oxidation sites excluding steroid dienone is 1. The van der Waals surface area contributed by atoms with Crippen molar-refractivity contribution in [1.82, 2.24) is 19.7 Å². The molecule has 0 amide bonds. The molecule has 0 aliphatic heterocycles. The fraction of sp³-hybridized carbons (Fsp3) is 0.240. The highest BCUT2D eigenvalue weighted by molar-refractivity contribution is 7.98. The van der Waals surface area contributed by atoms with Crippen molar-refractivity contribution < 1.29 is 4.74 Å². The van der Waals surface area contributed by atoms with Crippen molar-refractivity contribution in [3.8, 4) is 16.3 Å². The van der Waals surface area contributed by atoms with Gasteiger partial charge < -0.3 is 4.74 Å². The molecule has 0 N–H and O–H groups in total. The maximum absolute atomic E-state index is 6.05. The maximum atomic E-state index is 6.05. The first-order valence-electron chi connectivity index (χ1n) is 10.4. The van der Waals surface area contributed by atoms with Gasteiger partial charge in [0.1, 0.15) is 17.4 Å². The average Bonchev–Trinajstić information content (AvgIpc) is 3.40. The molecular formula is C25H26N4OS2. The standard InChI is InChI=1S/C25H26N4OS2/c1-5-11-29-23(14-30-22-13-18(3)9-10-19(22)4)27-28-25(29)32-16-21-15-31-24(26-21)20-8-6-7-17(2)12-20/h5-10,12-13,15H,1,11,14,16H2,2-4H3. The van der Waals surface area contributed by atoms with E-state index in [-0.39, 0.29) is 0 Å².